The van der Waals surface area contributed by atoms with Crippen molar-refractivity contribution in [2.45, 2.75) is 18.3 Å². The largest absolute Gasteiger partial charge is 0.352 e. The van der Waals surface area contributed by atoms with Gasteiger partial charge < -0.3 is 10.6 Å². The summed E-state index contributed by atoms with van der Waals surface area (Å²) in [6.45, 7) is 2.60. The van der Waals surface area contributed by atoms with Crippen molar-refractivity contribution in [3.05, 3.63) is 24.0 Å². The average molecular weight is 301 g/mol. The lowest BCUT2D eigenvalue weighted by Gasteiger charge is -2.35. The highest BCUT2D eigenvalue weighted by molar-refractivity contribution is 8.01. The maximum Gasteiger partial charge on any atom is 0.169 e. The summed E-state index contributed by atoms with van der Waals surface area (Å²) in [4.78, 5) is 6.22. The fourth-order valence-electron chi connectivity index (χ4n) is 2.07. The molecule has 1 aliphatic rings. The maximum atomic E-state index is 11.8. The van der Waals surface area contributed by atoms with Gasteiger partial charge in [0.2, 0.25) is 0 Å². The molecular weight excluding hydrogens is 282 g/mol. The summed E-state index contributed by atoms with van der Waals surface area (Å²) in [5.41, 5.74) is 7.42. The van der Waals surface area contributed by atoms with Crippen molar-refractivity contribution in [2.75, 3.05) is 29.2 Å². The van der Waals surface area contributed by atoms with Crippen LogP contribution in [0.5, 0.6) is 0 Å². The molecule has 0 radical (unpaired) electrons. The number of hydrogen-bond acceptors (Lipinski definition) is 6. The van der Waals surface area contributed by atoms with Crippen LogP contribution in [0.2, 0.25) is 0 Å². The minimum atomic E-state index is -3.10. The number of hydrogen-bond donors (Lipinski definition) is 1. The molecule has 2 rings (SSSR count). The molecule has 2 atom stereocenters. The zero-order valence-corrected chi connectivity index (χ0v) is 12.7. The standard InChI is InChI=1S/C12H19N3O2S2/c1-9(13)11-4-3-10(7-14-11)15-5-6-18-8-12(15)19(2,16)17/h3-4,7,9,12H,5-6,8,13H2,1-2H3/t9-,12?/m0/s1. The van der Waals surface area contributed by atoms with Crippen molar-refractivity contribution in [1.82, 2.24) is 4.98 Å². The van der Waals surface area contributed by atoms with E-state index in [1.54, 1.807) is 18.0 Å². The van der Waals surface area contributed by atoms with Crippen LogP contribution in [-0.4, -0.2) is 43.1 Å². The van der Waals surface area contributed by atoms with Crippen LogP contribution in [0, 0.1) is 0 Å². The Kier molecular flexibility index (Phi) is 4.37. The predicted molar refractivity (Wildman–Crippen MR) is 80.1 cm³/mol. The second kappa shape index (κ2) is 5.68. The third-order valence-electron chi connectivity index (χ3n) is 3.15. The van der Waals surface area contributed by atoms with Crippen molar-refractivity contribution in [2.24, 2.45) is 5.73 Å². The second-order valence-electron chi connectivity index (χ2n) is 4.78. The van der Waals surface area contributed by atoms with Gasteiger partial charge in [-0.2, -0.15) is 11.8 Å². The Labute approximate surface area is 118 Å². The van der Waals surface area contributed by atoms with E-state index in [9.17, 15) is 8.42 Å². The fourth-order valence-corrected chi connectivity index (χ4v) is 4.91. The van der Waals surface area contributed by atoms with Crippen LogP contribution in [0.1, 0.15) is 18.7 Å². The SMILES string of the molecule is C[C@H](N)c1ccc(N2CCSCC2S(C)(=O)=O)cn1. The Balaban J connectivity index is 2.27. The number of nitrogens with two attached hydrogens (primary N) is 1. The summed E-state index contributed by atoms with van der Waals surface area (Å²) in [5, 5.41) is -0.464. The topological polar surface area (TPSA) is 76.3 Å². The third-order valence-corrected chi connectivity index (χ3v) is 5.79. The Morgan fingerprint density at radius 3 is 2.79 bits per heavy atom. The molecule has 1 unspecified atom stereocenters. The van der Waals surface area contributed by atoms with Gasteiger partial charge in [0.25, 0.3) is 0 Å². The molecule has 2 N–H and O–H groups in total. The summed E-state index contributed by atoms with van der Waals surface area (Å²) in [7, 11) is -3.10. The van der Waals surface area contributed by atoms with Gasteiger partial charge in [0, 0.05) is 30.3 Å². The number of nitrogens with zero attached hydrogens (tertiary/aromatic N) is 2. The summed E-state index contributed by atoms with van der Waals surface area (Å²) in [6, 6.07) is 3.65. The van der Waals surface area contributed by atoms with Crippen LogP contribution in [0.25, 0.3) is 0 Å². The molecule has 19 heavy (non-hydrogen) atoms. The highest BCUT2D eigenvalue weighted by Crippen LogP contribution is 2.26. The van der Waals surface area contributed by atoms with Gasteiger partial charge >= 0.3 is 0 Å². The van der Waals surface area contributed by atoms with Crippen molar-refractivity contribution in [3.63, 3.8) is 0 Å². The maximum absolute atomic E-state index is 11.8. The van der Waals surface area contributed by atoms with Crippen LogP contribution in [-0.2, 0) is 9.84 Å². The molecule has 7 heteroatoms. The molecule has 5 nitrogen and oxygen atoms in total. The highest BCUT2D eigenvalue weighted by Gasteiger charge is 2.31. The highest BCUT2D eigenvalue weighted by atomic mass is 32.2. The lowest BCUT2D eigenvalue weighted by atomic mass is 10.2. The van der Waals surface area contributed by atoms with Crippen LogP contribution in [0.15, 0.2) is 18.3 Å². The second-order valence-corrected chi connectivity index (χ2v) is 8.14. The molecule has 0 aliphatic carbocycles. The molecule has 0 aromatic carbocycles. The van der Waals surface area contributed by atoms with Gasteiger partial charge in [-0.25, -0.2) is 8.42 Å². The number of aromatic nitrogens is 1. The molecule has 106 valence electrons. The van der Waals surface area contributed by atoms with Gasteiger partial charge in [-0.05, 0) is 19.1 Å². The zero-order chi connectivity index (χ0) is 14.0. The number of anilines is 1. The van der Waals surface area contributed by atoms with E-state index in [0.29, 0.717) is 5.75 Å². The number of thioether (sulfide) groups is 1. The zero-order valence-electron chi connectivity index (χ0n) is 11.1. The quantitative estimate of drug-likeness (QED) is 0.898. The van der Waals surface area contributed by atoms with Gasteiger partial charge in [0.05, 0.1) is 17.6 Å². The first-order chi connectivity index (χ1) is 8.89. The minimum absolute atomic E-state index is 0.114. The van der Waals surface area contributed by atoms with Gasteiger partial charge in [-0.3, -0.25) is 4.98 Å². The summed E-state index contributed by atoms with van der Waals surface area (Å²) >= 11 is 1.68. The summed E-state index contributed by atoms with van der Waals surface area (Å²) < 4.78 is 23.7. The molecule has 0 saturated carbocycles. The Morgan fingerprint density at radius 2 is 2.26 bits per heavy atom. The smallest absolute Gasteiger partial charge is 0.169 e. The molecule has 0 bridgehead atoms. The molecule has 1 aromatic heterocycles. The van der Waals surface area contributed by atoms with Crippen LogP contribution in [0.3, 0.4) is 0 Å². The first-order valence-corrected chi connectivity index (χ1v) is 9.25. The van der Waals surface area contributed by atoms with Gasteiger partial charge in [0.15, 0.2) is 9.84 Å². The number of sulfone groups is 1. The molecule has 0 spiro atoms. The summed E-state index contributed by atoms with van der Waals surface area (Å²) in [6.07, 6.45) is 3.01. The first kappa shape index (κ1) is 14.6. The van der Waals surface area contributed by atoms with E-state index < -0.39 is 15.2 Å². The monoisotopic (exact) mass is 301 g/mol. The van der Waals surface area contributed by atoms with Gasteiger partial charge in [0.1, 0.15) is 5.37 Å². The van der Waals surface area contributed by atoms with Crippen LogP contribution >= 0.6 is 11.8 Å². The molecule has 0 amide bonds. The van der Waals surface area contributed by atoms with Crippen LogP contribution in [0.4, 0.5) is 5.69 Å². The number of pyridine rings is 1. The summed E-state index contributed by atoms with van der Waals surface area (Å²) in [5.74, 6) is 1.54. The van der Waals surface area contributed by atoms with Crippen molar-refractivity contribution in [3.8, 4) is 0 Å². The Hall–Kier alpha value is -0.790. The normalized spacial score (nSPS) is 22.3. The lowest BCUT2D eigenvalue weighted by Crippen LogP contribution is -2.47. The van der Waals surface area contributed by atoms with E-state index in [-0.39, 0.29) is 6.04 Å². The Morgan fingerprint density at radius 1 is 1.53 bits per heavy atom. The van der Waals surface area contributed by atoms with E-state index in [1.165, 1.54) is 6.26 Å². The van der Waals surface area contributed by atoms with Crippen LogP contribution < -0.4 is 10.6 Å². The van der Waals surface area contributed by atoms with E-state index in [1.807, 2.05) is 24.0 Å². The fraction of sp³-hybridized carbons (Fsp3) is 0.583. The first-order valence-electron chi connectivity index (χ1n) is 6.14. The minimum Gasteiger partial charge on any atom is -0.352 e. The Bertz CT molecular complexity index is 528. The molecule has 1 aromatic rings. The third kappa shape index (κ3) is 3.40. The van der Waals surface area contributed by atoms with Crippen molar-refractivity contribution < 1.29 is 8.42 Å². The molecule has 1 fully saturated rings. The molecule has 2 heterocycles. The van der Waals surface area contributed by atoms with E-state index in [2.05, 4.69) is 4.98 Å². The van der Waals surface area contributed by atoms with Crippen molar-refractivity contribution in [1.29, 1.82) is 0 Å². The predicted octanol–water partition coefficient (Wildman–Crippen LogP) is 1.03. The van der Waals surface area contributed by atoms with Crippen molar-refractivity contribution >= 4 is 27.3 Å². The van der Waals surface area contributed by atoms with E-state index >= 15 is 0 Å². The lowest BCUT2D eigenvalue weighted by molar-refractivity contribution is 0.584. The van der Waals surface area contributed by atoms with E-state index in [4.69, 9.17) is 5.73 Å². The molecule has 1 saturated heterocycles. The molecular formula is C12H19N3O2S2. The van der Waals surface area contributed by atoms with E-state index in [0.717, 1.165) is 23.7 Å². The van der Waals surface area contributed by atoms with Gasteiger partial charge in [-0.1, -0.05) is 0 Å². The van der Waals surface area contributed by atoms with Gasteiger partial charge in [-0.15, -0.1) is 0 Å². The number of rotatable bonds is 3. The average Bonchev–Trinajstić information content (AvgIpc) is 2.38. The molecule has 1 aliphatic heterocycles.